The molecule has 6 nitrogen and oxygen atoms in total. The fraction of sp³-hybridized carbons (Fsp3) is 0.100. The summed E-state index contributed by atoms with van der Waals surface area (Å²) in [7, 11) is 0. The molecule has 1 rings (SSSR count). The Morgan fingerprint density at radius 2 is 1.65 bits per heavy atom. The van der Waals surface area contributed by atoms with Gasteiger partial charge in [0.15, 0.2) is 0 Å². The maximum atomic E-state index is 13.1. The Morgan fingerprint density at radius 1 is 1.12 bits per heavy atom. The topological polar surface area (TPSA) is 104 Å². The fourth-order valence-corrected chi connectivity index (χ4v) is 1.10. The molecule has 0 aliphatic rings. The van der Waals surface area contributed by atoms with Gasteiger partial charge in [-0.05, 0) is 12.1 Å². The van der Waals surface area contributed by atoms with Gasteiger partial charge in [-0.1, -0.05) is 12.1 Å². The first-order valence-corrected chi connectivity index (χ1v) is 4.44. The van der Waals surface area contributed by atoms with Gasteiger partial charge in [-0.15, -0.1) is 0 Å². The second kappa shape index (κ2) is 5.06. The molecule has 0 aliphatic carbocycles. The Kier molecular flexibility index (Phi) is 3.76. The summed E-state index contributed by atoms with van der Waals surface area (Å²) >= 11 is 0. The molecule has 90 valence electrons. The summed E-state index contributed by atoms with van der Waals surface area (Å²) in [5.74, 6) is -7.99. The standard InChI is InChI=1S/C10H8FNO5/c11-5-3-1-2-4-6(5)12-8(13)7(9(14)15)10(16)17/h1-4,7H,(H,12,13)(H,14,15)(H,16,17). The van der Waals surface area contributed by atoms with Gasteiger partial charge in [-0.2, -0.15) is 0 Å². The van der Waals surface area contributed by atoms with E-state index in [9.17, 15) is 18.8 Å². The van der Waals surface area contributed by atoms with Gasteiger partial charge in [0.1, 0.15) is 5.82 Å². The van der Waals surface area contributed by atoms with Crippen LogP contribution in [-0.4, -0.2) is 28.1 Å². The van der Waals surface area contributed by atoms with Gasteiger partial charge >= 0.3 is 11.9 Å². The van der Waals surface area contributed by atoms with E-state index in [2.05, 4.69) is 0 Å². The van der Waals surface area contributed by atoms with E-state index in [1.165, 1.54) is 18.2 Å². The van der Waals surface area contributed by atoms with Crippen LogP contribution in [0.15, 0.2) is 24.3 Å². The van der Waals surface area contributed by atoms with Gasteiger partial charge in [0, 0.05) is 0 Å². The average Bonchev–Trinajstić information content (AvgIpc) is 2.20. The van der Waals surface area contributed by atoms with Crippen LogP contribution in [0.25, 0.3) is 0 Å². The maximum Gasteiger partial charge on any atom is 0.327 e. The summed E-state index contributed by atoms with van der Waals surface area (Å²) in [5, 5.41) is 18.9. The van der Waals surface area contributed by atoms with Gasteiger partial charge in [-0.3, -0.25) is 14.4 Å². The highest BCUT2D eigenvalue weighted by molar-refractivity contribution is 6.17. The SMILES string of the molecule is O=C(O)C(C(=O)O)C(=O)Nc1ccccc1F. The lowest BCUT2D eigenvalue weighted by Crippen LogP contribution is -2.36. The van der Waals surface area contributed by atoms with E-state index in [4.69, 9.17) is 10.2 Å². The van der Waals surface area contributed by atoms with Crippen molar-refractivity contribution in [3.05, 3.63) is 30.1 Å². The quantitative estimate of drug-likeness (QED) is 0.668. The lowest BCUT2D eigenvalue weighted by Gasteiger charge is -2.09. The molecule has 0 aromatic heterocycles. The van der Waals surface area contributed by atoms with Gasteiger partial charge in [-0.25, -0.2) is 4.39 Å². The lowest BCUT2D eigenvalue weighted by molar-refractivity contribution is -0.157. The van der Waals surface area contributed by atoms with Crippen LogP contribution in [0.4, 0.5) is 10.1 Å². The second-order valence-electron chi connectivity index (χ2n) is 3.08. The third-order valence-corrected chi connectivity index (χ3v) is 1.89. The minimum Gasteiger partial charge on any atom is -0.480 e. The smallest absolute Gasteiger partial charge is 0.327 e. The van der Waals surface area contributed by atoms with Crippen molar-refractivity contribution in [2.45, 2.75) is 0 Å². The molecule has 1 aromatic carbocycles. The number of nitrogens with one attached hydrogen (secondary N) is 1. The summed E-state index contributed by atoms with van der Waals surface area (Å²) in [6.07, 6.45) is 0. The van der Waals surface area contributed by atoms with Crippen molar-refractivity contribution < 1.29 is 29.0 Å². The van der Waals surface area contributed by atoms with Crippen molar-refractivity contribution in [2.75, 3.05) is 5.32 Å². The van der Waals surface area contributed by atoms with Crippen molar-refractivity contribution in [3.63, 3.8) is 0 Å². The van der Waals surface area contributed by atoms with E-state index in [1.54, 1.807) is 0 Å². The molecule has 0 heterocycles. The van der Waals surface area contributed by atoms with Crippen molar-refractivity contribution in [2.24, 2.45) is 5.92 Å². The van der Waals surface area contributed by atoms with E-state index in [1.807, 2.05) is 5.32 Å². The van der Waals surface area contributed by atoms with Crippen LogP contribution >= 0.6 is 0 Å². The van der Waals surface area contributed by atoms with Gasteiger partial charge < -0.3 is 15.5 Å². The number of hydrogen-bond acceptors (Lipinski definition) is 3. The van der Waals surface area contributed by atoms with Crippen molar-refractivity contribution in [1.29, 1.82) is 0 Å². The molecule has 0 unspecified atom stereocenters. The van der Waals surface area contributed by atoms with E-state index >= 15 is 0 Å². The van der Waals surface area contributed by atoms with Gasteiger partial charge in [0.25, 0.3) is 0 Å². The minimum absolute atomic E-state index is 0.273. The van der Waals surface area contributed by atoms with Crippen LogP contribution in [0.5, 0.6) is 0 Å². The third kappa shape index (κ3) is 3.00. The van der Waals surface area contributed by atoms with E-state index in [0.29, 0.717) is 0 Å². The number of anilines is 1. The highest BCUT2D eigenvalue weighted by atomic mass is 19.1. The molecule has 7 heteroatoms. The number of carboxylic acids is 2. The Morgan fingerprint density at radius 3 is 2.12 bits per heavy atom. The molecule has 0 aliphatic heterocycles. The van der Waals surface area contributed by atoms with Crippen LogP contribution in [0.3, 0.4) is 0 Å². The van der Waals surface area contributed by atoms with Gasteiger partial charge in [0.05, 0.1) is 5.69 Å². The van der Waals surface area contributed by atoms with Crippen LogP contribution < -0.4 is 5.32 Å². The van der Waals surface area contributed by atoms with Gasteiger partial charge in [0.2, 0.25) is 11.8 Å². The average molecular weight is 241 g/mol. The number of rotatable bonds is 4. The lowest BCUT2D eigenvalue weighted by atomic mass is 10.1. The molecule has 0 spiro atoms. The van der Waals surface area contributed by atoms with E-state index < -0.39 is 29.6 Å². The number of carbonyl (C=O) groups is 3. The largest absolute Gasteiger partial charge is 0.480 e. The number of carboxylic acid groups (broad SMARTS) is 2. The molecule has 0 bridgehead atoms. The number of hydrogen-bond donors (Lipinski definition) is 3. The minimum atomic E-state index is -2.27. The molecule has 0 radical (unpaired) electrons. The molecule has 17 heavy (non-hydrogen) atoms. The van der Waals surface area contributed by atoms with Crippen LogP contribution in [-0.2, 0) is 14.4 Å². The van der Waals surface area contributed by atoms with Crippen molar-refractivity contribution in [3.8, 4) is 0 Å². The predicted molar refractivity (Wildman–Crippen MR) is 53.8 cm³/mol. The second-order valence-corrected chi connectivity index (χ2v) is 3.08. The fourth-order valence-electron chi connectivity index (χ4n) is 1.10. The number of halogens is 1. The van der Waals surface area contributed by atoms with Crippen LogP contribution in [0, 0.1) is 11.7 Å². The molecule has 0 saturated heterocycles. The van der Waals surface area contributed by atoms with E-state index in [0.717, 1.165) is 6.07 Å². The van der Waals surface area contributed by atoms with Crippen LogP contribution in [0.2, 0.25) is 0 Å². The Hall–Kier alpha value is -2.44. The summed E-state index contributed by atoms with van der Waals surface area (Å²) in [6, 6.07) is 5.02. The predicted octanol–water partition coefficient (Wildman–Crippen LogP) is 0.550. The maximum absolute atomic E-state index is 13.1. The molecule has 3 N–H and O–H groups in total. The molecule has 0 atom stereocenters. The number of para-hydroxylation sites is 1. The first-order valence-electron chi connectivity index (χ1n) is 4.44. The first kappa shape index (κ1) is 12.6. The summed E-state index contributed by atoms with van der Waals surface area (Å²) in [5.41, 5.74) is -0.273. The number of amides is 1. The zero-order valence-electron chi connectivity index (χ0n) is 8.38. The molecular weight excluding hydrogens is 233 g/mol. The highest BCUT2D eigenvalue weighted by Crippen LogP contribution is 2.13. The van der Waals surface area contributed by atoms with E-state index in [-0.39, 0.29) is 5.69 Å². The van der Waals surface area contributed by atoms with Crippen LogP contribution in [0.1, 0.15) is 0 Å². The molecule has 1 aromatic rings. The van der Waals surface area contributed by atoms with Crippen molar-refractivity contribution in [1.82, 2.24) is 0 Å². The Labute approximate surface area is 94.7 Å². The summed E-state index contributed by atoms with van der Waals surface area (Å²) in [6.45, 7) is 0. The van der Waals surface area contributed by atoms with Crippen molar-refractivity contribution >= 4 is 23.5 Å². The molecule has 1 amide bonds. The summed E-state index contributed by atoms with van der Waals surface area (Å²) < 4.78 is 13.1. The molecule has 0 fully saturated rings. The number of benzene rings is 1. The molecular formula is C10H8FNO5. The Bertz CT molecular complexity index is 460. The normalized spacial score (nSPS) is 10.0. The summed E-state index contributed by atoms with van der Waals surface area (Å²) in [4.78, 5) is 32.4. The number of aliphatic carboxylic acids is 2. The zero-order chi connectivity index (χ0) is 13.0. The first-order chi connectivity index (χ1) is 7.93. The monoisotopic (exact) mass is 241 g/mol. The molecule has 0 saturated carbocycles. The highest BCUT2D eigenvalue weighted by Gasteiger charge is 2.34. The Balaban J connectivity index is 2.89. The third-order valence-electron chi connectivity index (χ3n) is 1.89. The number of carbonyl (C=O) groups excluding carboxylic acids is 1. The zero-order valence-corrected chi connectivity index (χ0v) is 8.38.